The van der Waals surface area contributed by atoms with Gasteiger partial charge in [0.25, 0.3) is 0 Å². The second kappa shape index (κ2) is 11.0. The summed E-state index contributed by atoms with van der Waals surface area (Å²) >= 11 is 5.36. The molecule has 2 N–H and O–H groups in total. The number of ether oxygens (including phenoxy) is 2. The number of carbonyl (C=O) groups is 1. The van der Waals surface area contributed by atoms with Crippen molar-refractivity contribution in [2.24, 2.45) is 0 Å². The van der Waals surface area contributed by atoms with Gasteiger partial charge in [0.2, 0.25) is 11.8 Å². The highest BCUT2D eigenvalue weighted by Crippen LogP contribution is 2.25. The summed E-state index contributed by atoms with van der Waals surface area (Å²) in [6.07, 6.45) is 1.97. The van der Waals surface area contributed by atoms with Crippen LogP contribution in [0.5, 0.6) is 17.4 Å². The van der Waals surface area contributed by atoms with Gasteiger partial charge in [0.1, 0.15) is 11.5 Å². The summed E-state index contributed by atoms with van der Waals surface area (Å²) in [5.74, 6) is 2.63. The molecule has 0 atom stereocenters. The highest BCUT2D eigenvalue weighted by molar-refractivity contribution is 7.71. The van der Waals surface area contributed by atoms with E-state index in [1.165, 1.54) is 0 Å². The number of aromatic nitrogens is 4. The number of aryl methyl sites for hydroxylation is 2. The molecule has 0 aliphatic heterocycles. The fraction of sp³-hybridized carbons (Fsp3) is 0.231. The average molecular weight is 490 g/mol. The number of nitrogens with zero attached hydrogens (tertiary/aromatic N) is 3. The van der Waals surface area contributed by atoms with Crippen LogP contribution in [0.2, 0.25) is 0 Å². The maximum atomic E-state index is 12.5. The van der Waals surface area contributed by atoms with Crippen LogP contribution < -0.4 is 14.8 Å². The molecule has 0 fully saturated rings. The molecule has 0 aliphatic rings. The second-order valence-electron chi connectivity index (χ2n) is 8.13. The molecule has 2 heterocycles. The van der Waals surface area contributed by atoms with Crippen LogP contribution in [0, 0.1) is 18.6 Å². The molecule has 0 bridgehead atoms. The Hall–Kier alpha value is -3.98. The Labute approximate surface area is 209 Å². The van der Waals surface area contributed by atoms with Crippen LogP contribution in [0.4, 0.5) is 0 Å². The Balaban J connectivity index is 1.31. The van der Waals surface area contributed by atoms with Crippen molar-refractivity contribution in [1.82, 2.24) is 25.1 Å². The number of benzene rings is 2. The number of aromatic amines is 1. The van der Waals surface area contributed by atoms with Crippen LogP contribution in [0.3, 0.4) is 0 Å². The van der Waals surface area contributed by atoms with Crippen molar-refractivity contribution in [2.75, 3.05) is 7.11 Å². The largest absolute Gasteiger partial charge is 0.497 e. The third-order valence-corrected chi connectivity index (χ3v) is 5.83. The van der Waals surface area contributed by atoms with Crippen LogP contribution in [0.15, 0.2) is 60.8 Å². The number of pyridine rings is 1. The molecule has 0 spiro atoms. The minimum Gasteiger partial charge on any atom is -0.497 e. The lowest BCUT2D eigenvalue weighted by molar-refractivity contribution is -0.121. The van der Waals surface area contributed by atoms with Crippen LogP contribution in [0.1, 0.15) is 23.1 Å². The second-order valence-corrected chi connectivity index (χ2v) is 8.52. The van der Waals surface area contributed by atoms with Crippen molar-refractivity contribution < 1.29 is 14.3 Å². The van der Waals surface area contributed by atoms with E-state index in [1.54, 1.807) is 19.4 Å². The van der Waals surface area contributed by atoms with Gasteiger partial charge >= 0.3 is 0 Å². The van der Waals surface area contributed by atoms with E-state index in [0.717, 1.165) is 33.8 Å². The summed E-state index contributed by atoms with van der Waals surface area (Å²) in [4.78, 5) is 16.8. The van der Waals surface area contributed by atoms with Gasteiger partial charge in [-0.05, 0) is 73.1 Å². The molecular weight excluding hydrogens is 462 g/mol. The van der Waals surface area contributed by atoms with Crippen molar-refractivity contribution in [3.8, 4) is 28.8 Å². The number of hydrogen-bond donors (Lipinski definition) is 2. The van der Waals surface area contributed by atoms with E-state index in [2.05, 4.69) is 20.5 Å². The molecule has 9 heteroatoms. The number of hydrogen-bond acceptors (Lipinski definition) is 6. The van der Waals surface area contributed by atoms with Gasteiger partial charge in [0.05, 0.1) is 7.11 Å². The summed E-state index contributed by atoms with van der Waals surface area (Å²) in [7, 11) is 1.62. The van der Waals surface area contributed by atoms with Crippen molar-refractivity contribution in [2.45, 2.75) is 33.4 Å². The van der Waals surface area contributed by atoms with E-state index >= 15 is 0 Å². The first-order valence-electron chi connectivity index (χ1n) is 11.2. The average Bonchev–Trinajstić information content (AvgIpc) is 3.24. The van der Waals surface area contributed by atoms with Gasteiger partial charge in [-0.1, -0.05) is 18.2 Å². The molecule has 8 nitrogen and oxygen atoms in total. The Kier molecular flexibility index (Phi) is 7.57. The van der Waals surface area contributed by atoms with Gasteiger partial charge in [-0.3, -0.25) is 14.5 Å². The highest BCUT2D eigenvalue weighted by Gasteiger charge is 2.11. The lowest BCUT2D eigenvalue weighted by atomic mass is 10.1. The first-order chi connectivity index (χ1) is 16.9. The maximum Gasteiger partial charge on any atom is 0.222 e. The molecule has 2 aromatic heterocycles. The lowest BCUT2D eigenvalue weighted by Crippen LogP contribution is -2.24. The Morgan fingerprint density at radius 1 is 1.11 bits per heavy atom. The standard InChI is InChI=1S/C26H27N5O3S/c1-17-4-5-18(2)22(14-17)34-24-11-6-19(16-28-24)15-27-23(32)12-13-31-25(29-30-26(31)35)20-7-9-21(33-3)10-8-20/h4-11,14,16H,12-13,15H2,1-3H3,(H,27,32)(H,30,35). The monoisotopic (exact) mass is 489 g/mol. The van der Waals surface area contributed by atoms with E-state index in [4.69, 9.17) is 21.7 Å². The molecular formula is C26H27N5O3S. The van der Waals surface area contributed by atoms with E-state index < -0.39 is 0 Å². The number of carbonyl (C=O) groups excluding carboxylic acids is 1. The zero-order chi connectivity index (χ0) is 24.8. The van der Waals surface area contributed by atoms with Gasteiger partial charge in [-0.2, -0.15) is 5.10 Å². The Morgan fingerprint density at radius 3 is 2.63 bits per heavy atom. The van der Waals surface area contributed by atoms with Crippen molar-refractivity contribution in [1.29, 1.82) is 0 Å². The summed E-state index contributed by atoms with van der Waals surface area (Å²) in [5.41, 5.74) is 3.93. The Morgan fingerprint density at radius 2 is 1.91 bits per heavy atom. The molecule has 4 rings (SSSR count). The predicted octanol–water partition coefficient (Wildman–Crippen LogP) is 5.13. The van der Waals surface area contributed by atoms with E-state index in [0.29, 0.717) is 29.6 Å². The molecule has 0 aliphatic carbocycles. The van der Waals surface area contributed by atoms with Crippen LogP contribution in [-0.4, -0.2) is 32.8 Å². The van der Waals surface area contributed by atoms with Crippen molar-refractivity contribution in [3.63, 3.8) is 0 Å². The lowest BCUT2D eigenvalue weighted by Gasteiger charge is -2.10. The smallest absolute Gasteiger partial charge is 0.222 e. The maximum absolute atomic E-state index is 12.5. The minimum absolute atomic E-state index is 0.0931. The highest BCUT2D eigenvalue weighted by atomic mass is 32.1. The summed E-state index contributed by atoms with van der Waals surface area (Å²) in [6.45, 7) is 4.79. The fourth-order valence-corrected chi connectivity index (χ4v) is 3.72. The first kappa shape index (κ1) is 24.2. The first-order valence-corrected chi connectivity index (χ1v) is 11.6. The van der Waals surface area contributed by atoms with Gasteiger partial charge < -0.3 is 14.8 Å². The minimum atomic E-state index is -0.0931. The van der Waals surface area contributed by atoms with Gasteiger partial charge in [0.15, 0.2) is 10.6 Å². The van der Waals surface area contributed by atoms with Crippen molar-refractivity contribution >= 4 is 18.1 Å². The van der Waals surface area contributed by atoms with E-state index in [-0.39, 0.29) is 12.3 Å². The van der Waals surface area contributed by atoms with Gasteiger partial charge in [0, 0.05) is 37.3 Å². The zero-order valence-corrected chi connectivity index (χ0v) is 20.7. The van der Waals surface area contributed by atoms with Gasteiger partial charge in [-0.15, -0.1) is 0 Å². The number of nitrogens with one attached hydrogen (secondary N) is 2. The Bertz CT molecular complexity index is 1360. The molecule has 180 valence electrons. The normalized spacial score (nSPS) is 10.7. The molecule has 4 aromatic rings. The number of rotatable bonds is 9. The third-order valence-electron chi connectivity index (χ3n) is 5.51. The van der Waals surface area contributed by atoms with Crippen LogP contribution >= 0.6 is 12.2 Å². The third kappa shape index (κ3) is 6.13. The molecule has 35 heavy (non-hydrogen) atoms. The van der Waals surface area contributed by atoms with E-state index in [9.17, 15) is 4.79 Å². The van der Waals surface area contributed by atoms with Crippen LogP contribution in [-0.2, 0) is 17.9 Å². The predicted molar refractivity (Wildman–Crippen MR) is 136 cm³/mol. The summed E-state index contributed by atoms with van der Waals surface area (Å²) in [6, 6.07) is 17.3. The fourth-order valence-electron chi connectivity index (χ4n) is 3.49. The number of methoxy groups -OCH3 is 1. The topological polar surface area (TPSA) is 94.1 Å². The number of H-pyrrole nitrogens is 1. The SMILES string of the molecule is COc1ccc(-c2n[nH]c(=S)n2CCC(=O)NCc2ccc(Oc3cc(C)ccc3C)nc2)cc1. The zero-order valence-electron chi connectivity index (χ0n) is 19.9. The number of amides is 1. The molecule has 0 unspecified atom stereocenters. The van der Waals surface area contributed by atoms with E-state index in [1.807, 2.05) is 66.9 Å². The molecule has 2 aromatic carbocycles. The quantitative estimate of drug-likeness (QED) is 0.317. The van der Waals surface area contributed by atoms with Crippen LogP contribution in [0.25, 0.3) is 11.4 Å². The molecule has 0 saturated carbocycles. The van der Waals surface area contributed by atoms with Gasteiger partial charge in [-0.25, -0.2) is 4.98 Å². The summed E-state index contributed by atoms with van der Waals surface area (Å²) < 4.78 is 13.4. The molecule has 0 saturated heterocycles. The van der Waals surface area contributed by atoms with Crippen molar-refractivity contribution in [3.05, 3.63) is 82.3 Å². The molecule has 0 radical (unpaired) electrons. The molecule has 1 amide bonds. The summed E-state index contributed by atoms with van der Waals surface area (Å²) in [5, 5.41) is 10.0.